The number of fused-ring (bicyclic) bond motifs is 1. The predicted octanol–water partition coefficient (Wildman–Crippen LogP) is 3.54. The summed E-state index contributed by atoms with van der Waals surface area (Å²) in [7, 11) is 0. The van der Waals surface area contributed by atoms with Crippen LogP contribution in [-0.4, -0.2) is 31.3 Å². The Morgan fingerprint density at radius 1 is 1.13 bits per heavy atom. The molecule has 0 aliphatic carbocycles. The third-order valence-electron chi connectivity index (χ3n) is 3.51. The van der Waals surface area contributed by atoms with Crippen LogP contribution in [0.5, 0.6) is 5.75 Å². The van der Waals surface area contributed by atoms with E-state index in [1.165, 1.54) is 0 Å². The Balaban J connectivity index is 2.05. The Morgan fingerprint density at radius 3 is 2.61 bits per heavy atom. The monoisotopic (exact) mass is 315 g/mol. The van der Waals surface area contributed by atoms with Crippen molar-refractivity contribution in [1.29, 1.82) is 0 Å². The molecule has 0 aliphatic heterocycles. The molecular formula is C19H25NO3. The van der Waals surface area contributed by atoms with Gasteiger partial charge in [0.15, 0.2) is 0 Å². The van der Waals surface area contributed by atoms with E-state index in [0.29, 0.717) is 25.6 Å². The van der Waals surface area contributed by atoms with Crippen LogP contribution in [0.2, 0.25) is 0 Å². The van der Waals surface area contributed by atoms with E-state index in [1.54, 1.807) is 6.92 Å². The first-order valence-corrected chi connectivity index (χ1v) is 8.13. The highest BCUT2D eigenvalue weighted by Gasteiger charge is 2.15. The lowest BCUT2D eigenvalue weighted by atomic mass is 10.1. The van der Waals surface area contributed by atoms with Crippen molar-refractivity contribution >= 4 is 16.7 Å². The van der Waals surface area contributed by atoms with Gasteiger partial charge in [0.25, 0.3) is 0 Å². The highest BCUT2D eigenvalue weighted by molar-refractivity contribution is 5.88. The molecular weight excluding hydrogens is 290 g/mol. The Kier molecular flexibility index (Phi) is 6.41. The molecule has 0 radical (unpaired) electrons. The fraction of sp³-hybridized carbons (Fsp3) is 0.421. The van der Waals surface area contributed by atoms with E-state index in [0.717, 1.165) is 16.5 Å². The second kappa shape index (κ2) is 8.53. The fourth-order valence-electron chi connectivity index (χ4n) is 2.28. The summed E-state index contributed by atoms with van der Waals surface area (Å²) in [5, 5.41) is 5.49. The van der Waals surface area contributed by atoms with Gasteiger partial charge in [-0.3, -0.25) is 4.79 Å². The Morgan fingerprint density at radius 2 is 1.87 bits per heavy atom. The molecule has 0 aliphatic rings. The van der Waals surface area contributed by atoms with Gasteiger partial charge in [-0.1, -0.05) is 57.2 Å². The van der Waals surface area contributed by atoms with Gasteiger partial charge in [-0.05, 0) is 11.5 Å². The molecule has 0 saturated carbocycles. The van der Waals surface area contributed by atoms with E-state index >= 15 is 0 Å². The minimum absolute atomic E-state index is 0.206. The Labute approximate surface area is 137 Å². The lowest BCUT2D eigenvalue weighted by Gasteiger charge is -2.20. The summed E-state index contributed by atoms with van der Waals surface area (Å²) in [6, 6.07) is 14.4. The molecule has 0 fully saturated rings. The SMILES string of the molecule is CCC(=O)OC(CNC(C)C)COc1cccc2ccccc12. The van der Waals surface area contributed by atoms with Gasteiger partial charge in [0, 0.05) is 24.4 Å². The van der Waals surface area contributed by atoms with Crippen LogP contribution in [0.1, 0.15) is 27.2 Å². The highest BCUT2D eigenvalue weighted by atomic mass is 16.6. The smallest absolute Gasteiger partial charge is 0.305 e. The summed E-state index contributed by atoms with van der Waals surface area (Å²) in [6.07, 6.45) is 0.0655. The van der Waals surface area contributed by atoms with Crippen molar-refractivity contribution in [1.82, 2.24) is 5.32 Å². The number of hydrogen-bond donors (Lipinski definition) is 1. The molecule has 2 aromatic rings. The molecule has 2 rings (SSSR count). The van der Waals surface area contributed by atoms with Crippen LogP contribution in [0, 0.1) is 0 Å². The fourth-order valence-corrected chi connectivity index (χ4v) is 2.28. The first kappa shape index (κ1) is 17.3. The predicted molar refractivity (Wildman–Crippen MR) is 92.8 cm³/mol. The van der Waals surface area contributed by atoms with Crippen molar-refractivity contribution in [2.45, 2.75) is 39.3 Å². The minimum atomic E-state index is -0.302. The van der Waals surface area contributed by atoms with Crippen LogP contribution >= 0.6 is 0 Å². The second-order valence-electron chi connectivity index (χ2n) is 5.82. The maximum absolute atomic E-state index is 11.6. The first-order chi connectivity index (χ1) is 11.1. The van der Waals surface area contributed by atoms with Gasteiger partial charge < -0.3 is 14.8 Å². The molecule has 1 N–H and O–H groups in total. The normalized spacial score (nSPS) is 12.3. The molecule has 4 heteroatoms. The van der Waals surface area contributed by atoms with Crippen molar-refractivity contribution in [3.63, 3.8) is 0 Å². The maximum Gasteiger partial charge on any atom is 0.305 e. The molecule has 124 valence electrons. The van der Waals surface area contributed by atoms with Gasteiger partial charge in [0.05, 0.1) is 0 Å². The van der Waals surface area contributed by atoms with Gasteiger partial charge in [-0.2, -0.15) is 0 Å². The van der Waals surface area contributed by atoms with E-state index in [2.05, 4.69) is 31.3 Å². The van der Waals surface area contributed by atoms with Gasteiger partial charge in [0.1, 0.15) is 18.5 Å². The molecule has 1 unspecified atom stereocenters. The van der Waals surface area contributed by atoms with E-state index < -0.39 is 0 Å². The molecule has 23 heavy (non-hydrogen) atoms. The lowest BCUT2D eigenvalue weighted by molar-refractivity contribution is -0.150. The number of carbonyl (C=O) groups is 1. The van der Waals surface area contributed by atoms with Crippen LogP contribution in [0.25, 0.3) is 10.8 Å². The molecule has 4 nitrogen and oxygen atoms in total. The molecule has 1 atom stereocenters. The van der Waals surface area contributed by atoms with Crippen molar-refractivity contribution in [3.8, 4) is 5.75 Å². The Bertz CT molecular complexity index is 634. The highest BCUT2D eigenvalue weighted by Crippen LogP contribution is 2.25. The Hall–Kier alpha value is -2.07. The zero-order chi connectivity index (χ0) is 16.7. The largest absolute Gasteiger partial charge is 0.489 e. The molecule has 0 heterocycles. The average molecular weight is 315 g/mol. The summed E-state index contributed by atoms with van der Waals surface area (Å²) < 4.78 is 11.4. The molecule has 2 aromatic carbocycles. The first-order valence-electron chi connectivity index (χ1n) is 8.13. The minimum Gasteiger partial charge on any atom is -0.489 e. The number of esters is 1. The zero-order valence-corrected chi connectivity index (χ0v) is 14.0. The van der Waals surface area contributed by atoms with E-state index in [9.17, 15) is 4.79 Å². The standard InChI is InChI=1S/C19H25NO3/c1-4-19(21)23-16(12-20-14(2)3)13-22-18-11-7-9-15-8-5-6-10-17(15)18/h5-11,14,16,20H,4,12-13H2,1-3H3. The van der Waals surface area contributed by atoms with Crippen LogP contribution in [0.4, 0.5) is 0 Å². The van der Waals surface area contributed by atoms with Crippen molar-refractivity contribution in [2.75, 3.05) is 13.2 Å². The van der Waals surface area contributed by atoms with E-state index in [4.69, 9.17) is 9.47 Å². The van der Waals surface area contributed by atoms with Crippen LogP contribution in [-0.2, 0) is 9.53 Å². The number of rotatable bonds is 8. The van der Waals surface area contributed by atoms with Crippen molar-refractivity contribution in [3.05, 3.63) is 42.5 Å². The van der Waals surface area contributed by atoms with Crippen LogP contribution < -0.4 is 10.1 Å². The van der Waals surface area contributed by atoms with Crippen molar-refractivity contribution in [2.24, 2.45) is 0 Å². The van der Waals surface area contributed by atoms with E-state index in [1.807, 2.05) is 30.3 Å². The zero-order valence-electron chi connectivity index (χ0n) is 14.0. The summed E-state index contributed by atoms with van der Waals surface area (Å²) in [4.78, 5) is 11.6. The molecule has 0 saturated heterocycles. The quantitative estimate of drug-likeness (QED) is 0.757. The molecule has 0 aromatic heterocycles. The topological polar surface area (TPSA) is 47.6 Å². The number of ether oxygens (including phenoxy) is 2. The average Bonchev–Trinajstić information content (AvgIpc) is 2.56. The number of benzene rings is 2. The number of carbonyl (C=O) groups excluding carboxylic acids is 1. The maximum atomic E-state index is 11.6. The third-order valence-corrected chi connectivity index (χ3v) is 3.51. The second-order valence-corrected chi connectivity index (χ2v) is 5.82. The van der Waals surface area contributed by atoms with Crippen LogP contribution in [0.3, 0.4) is 0 Å². The molecule has 0 amide bonds. The van der Waals surface area contributed by atoms with Crippen LogP contribution in [0.15, 0.2) is 42.5 Å². The summed E-state index contributed by atoms with van der Waals surface area (Å²) >= 11 is 0. The summed E-state index contributed by atoms with van der Waals surface area (Å²) in [6.45, 7) is 6.82. The van der Waals surface area contributed by atoms with E-state index in [-0.39, 0.29) is 12.1 Å². The molecule has 0 spiro atoms. The summed E-state index contributed by atoms with van der Waals surface area (Å²) in [5.41, 5.74) is 0. The summed E-state index contributed by atoms with van der Waals surface area (Å²) in [5.74, 6) is 0.604. The van der Waals surface area contributed by atoms with Crippen molar-refractivity contribution < 1.29 is 14.3 Å². The van der Waals surface area contributed by atoms with Gasteiger partial charge in [0.2, 0.25) is 0 Å². The third kappa shape index (κ3) is 5.25. The van der Waals surface area contributed by atoms with Gasteiger partial charge >= 0.3 is 5.97 Å². The number of hydrogen-bond acceptors (Lipinski definition) is 4. The lowest BCUT2D eigenvalue weighted by Crippen LogP contribution is -2.38. The number of nitrogens with one attached hydrogen (secondary N) is 1. The van der Waals surface area contributed by atoms with Gasteiger partial charge in [-0.25, -0.2) is 0 Å². The van der Waals surface area contributed by atoms with Gasteiger partial charge in [-0.15, -0.1) is 0 Å². The molecule has 0 bridgehead atoms.